The highest BCUT2D eigenvalue weighted by molar-refractivity contribution is 7.99. The maximum absolute atomic E-state index is 12.4. The first-order chi connectivity index (χ1) is 9.43. The van der Waals surface area contributed by atoms with Gasteiger partial charge in [0.15, 0.2) is 0 Å². The van der Waals surface area contributed by atoms with E-state index in [0.29, 0.717) is 35.4 Å². The highest BCUT2D eigenvalue weighted by atomic mass is 32.2. The van der Waals surface area contributed by atoms with Crippen LogP contribution in [0.4, 0.5) is 8.78 Å². The monoisotopic (exact) mass is 305 g/mol. The first kappa shape index (κ1) is 17.2. The molecule has 2 N–H and O–H groups in total. The molecule has 0 saturated carbocycles. The van der Waals surface area contributed by atoms with Gasteiger partial charge in [-0.3, -0.25) is 0 Å². The Labute approximate surface area is 122 Å². The van der Waals surface area contributed by atoms with Gasteiger partial charge >= 0.3 is 0 Å². The molecule has 20 heavy (non-hydrogen) atoms. The zero-order valence-corrected chi connectivity index (χ0v) is 12.7. The number of ether oxygens (including phenoxy) is 1. The number of halogens is 2. The molecule has 0 saturated heterocycles. The predicted molar refractivity (Wildman–Crippen MR) is 77.6 cm³/mol. The number of aliphatic hydroxyl groups excluding tert-OH is 1. The van der Waals surface area contributed by atoms with E-state index in [1.807, 2.05) is 13.0 Å². The molecule has 2 atom stereocenters. The number of rotatable bonds is 8. The molecule has 0 aliphatic carbocycles. The minimum Gasteiger partial charge on any atom is -0.496 e. The molecule has 6 heteroatoms. The maximum atomic E-state index is 12.4. The average Bonchev–Trinajstić information content (AvgIpc) is 2.37. The maximum Gasteiger partial charge on any atom is 0.289 e. The molecule has 0 spiro atoms. The van der Waals surface area contributed by atoms with E-state index in [-0.39, 0.29) is 12.1 Å². The number of alkyl halides is 2. The van der Waals surface area contributed by atoms with Crippen LogP contribution in [0.2, 0.25) is 0 Å². The molecule has 0 radical (unpaired) electrons. The molecule has 0 aromatic heterocycles. The Kier molecular flexibility index (Phi) is 7.26. The van der Waals surface area contributed by atoms with Gasteiger partial charge in [0.2, 0.25) is 0 Å². The van der Waals surface area contributed by atoms with Crippen molar-refractivity contribution < 1.29 is 18.6 Å². The largest absolute Gasteiger partial charge is 0.496 e. The summed E-state index contributed by atoms with van der Waals surface area (Å²) in [6, 6.07) is 5.30. The van der Waals surface area contributed by atoms with Crippen molar-refractivity contribution >= 4 is 11.8 Å². The lowest BCUT2D eigenvalue weighted by Crippen LogP contribution is -2.22. The summed E-state index contributed by atoms with van der Waals surface area (Å²) in [5.74, 6) is -2.01. The molecular weight excluding hydrogens is 284 g/mol. The van der Waals surface area contributed by atoms with E-state index in [2.05, 4.69) is 5.32 Å². The summed E-state index contributed by atoms with van der Waals surface area (Å²) in [5, 5.41) is 12.5. The van der Waals surface area contributed by atoms with Gasteiger partial charge in [-0.1, -0.05) is 17.8 Å². The fourth-order valence-corrected chi connectivity index (χ4v) is 2.37. The van der Waals surface area contributed by atoms with Crippen LogP contribution in [0.1, 0.15) is 31.9 Å². The predicted octanol–water partition coefficient (Wildman–Crippen LogP) is 3.43. The average molecular weight is 305 g/mol. The fraction of sp³-hybridized carbons (Fsp3) is 0.571. The normalized spacial score (nSPS) is 14.3. The van der Waals surface area contributed by atoms with E-state index in [0.717, 1.165) is 5.56 Å². The smallest absolute Gasteiger partial charge is 0.289 e. The second-order valence-corrected chi connectivity index (χ2v) is 5.63. The molecule has 0 bridgehead atoms. The van der Waals surface area contributed by atoms with Gasteiger partial charge in [-0.05, 0) is 44.5 Å². The first-order valence-electron chi connectivity index (χ1n) is 6.48. The van der Waals surface area contributed by atoms with Crippen molar-refractivity contribution in [3.8, 4) is 5.75 Å². The summed E-state index contributed by atoms with van der Waals surface area (Å²) in [5.41, 5.74) is 0.964. The van der Waals surface area contributed by atoms with E-state index in [9.17, 15) is 13.9 Å². The summed E-state index contributed by atoms with van der Waals surface area (Å²) >= 11 is 0.480. The third-order valence-electron chi connectivity index (χ3n) is 2.92. The molecule has 3 nitrogen and oxygen atoms in total. The molecule has 0 heterocycles. The highest BCUT2D eigenvalue weighted by Crippen LogP contribution is 2.35. The van der Waals surface area contributed by atoms with Crippen LogP contribution < -0.4 is 10.1 Å². The van der Waals surface area contributed by atoms with Crippen molar-refractivity contribution in [1.82, 2.24) is 5.32 Å². The fourth-order valence-electron chi connectivity index (χ4n) is 1.77. The van der Waals surface area contributed by atoms with E-state index < -0.39 is 5.76 Å². The topological polar surface area (TPSA) is 41.5 Å². The van der Waals surface area contributed by atoms with Gasteiger partial charge in [-0.2, -0.15) is 8.78 Å². The van der Waals surface area contributed by atoms with Crippen LogP contribution in [-0.2, 0) is 0 Å². The minimum absolute atomic E-state index is 0.0632. The second kappa shape index (κ2) is 8.44. The number of benzene rings is 1. The van der Waals surface area contributed by atoms with E-state index in [4.69, 9.17) is 4.74 Å². The third-order valence-corrected chi connectivity index (χ3v) is 3.69. The molecular formula is C14H21F2NO2S. The molecule has 1 aromatic carbocycles. The Morgan fingerprint density at radius 1 is 1.35 bits per heavy atom. The van der Waals surface area contributed by atoms with Gasteiger partial charge < -0.3 is 15.2 Å². The van der Waals surface area contributed by atoms with Gasteiger partial charge in [-0.25, -0.2) is 0 Å². The molecule has 0 amide bonds. The van der Waals surface area contributed by atoms with Crippen LogP contribution in [0.15, 0.2) is 23.1 Å². The Bertz CT molecular complexity index is 416. The molecule has 1 aromatic rings. The first-order valence-corrected chi connectivity index (χ1v) is 7.36. The minimum atomic E-state index is -2.46. The quantitative estimate of drug-likeness (QED) is 0.722. The molecule has 0 fully saturated rings. The Balaban J connectivity index is 2.71. The van der Waals surface area contributed by atoms with Crippen molar-refractivity contribution in [1.29, 1.82) is 0 Å². The van der Waals surface area contributed by atoms with Crippen molar-refractivity contribution in [2.45, 2.75) is 43.1 Å². The number of hydrogen-bond donors (Lipinski definition) is 2. The summed E-state index contributed by atoms with van der Waals surface area (Å²) in [6.45, 7) is 4.41. The van der Waals surface area contributed by atoms with Crippen molar-refractivity contribution in [3.63, 3.8) is 0 Å². The van der Waals surface area contributed by atoms with Crippen LogP contribution in [0.25, 0.3) is 0 Å². The van der Waals surface area contributed by atoms with E-state index in [1.165, 1.54) is 7.11 Å². The standard InChI is InChI=1S/C14H21F2NO2S/c1-9(18)6-7-17-10(2)11-4-5-13(20-14(15)16)12(8-11)19-3/h4-5,8-10,14,17-18H,6-7H2,1-3H3. The van der Waals surface area contributed by atoms with Crippen molar-refractivity contribution in [2.24, 2.45) is 0 Å². The Morgan fingerprint density at radius 3 is 2.60 bits per heavy atom. The van der Waals surface area contributed by atoms with E-state index in [1.54, 1.807) is 19.1 Å². The van der Waals surface area contributed by atoms with Crippen LogP contribution in [0, 0.1) is 0 Å². The van der Waals surface area contributed by atoms with Gasteiger partial charge in [0.1, 0.15) is 5.75 Å². The van der Waals surface area contributed by atoms with E-state index >= 15 is 0 Å². The number of aliphatic hydroxyl groups is 1. The van der Waals surface area contributed by atoms with Crippen molar-refractivity contribution in [2.75, 3.05) is 13.7 Å². The van der Waals surface area contributed by atoms with Crippen LogP contribution in [-0.4, -0.2) is 30.6 Å². The third kappa shape index (κ3) is 5.64. The van der Waals surface area contributed by atoms with Crippen molar-refractivity contribution in [3.05, 3.63) is 23.8 Å². The molecule has 0 aliphatic heterocycles. The number of nitrogens with one attached hydrogen (secondary N) is 1. The zero-order valence-electron chi connectivity index (χ0n) is 11.9. The number of thioether (sulfide) groups is 1. The molecule has 0 aliphatic rings. The molecule has 2 unspecified atom stereocenters. The van der Waals surface area contributed by atoms with Crippen LogP contribution >= 0.6 is 11.8 Å². The zero-order chi connectivity index (χ0) is 15.1. The lowest BCUT2D eigenvalue weighted by atomic mass is 10.1. The van der Waals surface area contributed by atoms with Gasteiger partial charge in [0, 0.05) is 6.04 Å². The lowest BCUT2D eigenvalue weighted by molar-refractivity contribution is 0.182. The Hall–Kier alpha value is -0.850. The number of methoxy groups -OCH3 is 1. The van der Waals surface area contributed by atoms with Gasteiger partial charge in [0.05, 0.1) is 18.1 Å². The summed E-state index contributed by atoms with van der Waals surface area (Å²) in [6.07, 6.45) is 0.329. The lowest BCUT2D eigenvalue weighted by Gasteiger charge is -2.17. The molecule has 1 rings (SSSR count). The second-order valence-electron chi connectivity index (χ2n) is 4.60. The summed E-state index contributed by atoms with van der Waals surface area (Å²) in [7, 11) is 1.47. The highest BCUT2D eigenvalue weighted by Gasteiger charge is 2.13. The van der Waals surface area contributed by atoms with Gasteiger partial charge in [0.25, 0.3) is 5.76 Å². The molecule has 114 valence electrons. The SMILES string of the molecule is COc1cc(C(C)NCCC(C)O)ccc1SC(F)F. The summed E-state index contributed by atoms with van der Waals surface area (Å²) < 4.78 is 30.0. The number of hydrogen-bond acceptors (Lipinski definition) is 4. The van der Waals surface area contributed by atoms with Gasteiger partial charge in [-0.15, -0.1) is 0 Å². The Morgan fingerprint density at radius 2 is 2.05 bits per heavy atom. The summed E-state index contributed by atoms with van der Waals surface area (Å²) in [4.78, 5) is 0.433. The van der Waals surface area contributed by atoms with Crippen LogP contribution in [0.5, 0.6) is 5.75 Å². The van der Waals surface area contributed by atoms with Crippen LogP contribution in [0.3, 0.4) is 0 Å².